The predicted molar refractivity (Wildman–Crippen MR) is 157 cm³/mol. The van der Waals surface area contributed by atoms with Crippen LogP contribution in [0.25, 0.3) is 11.3 Å². The summed E-state index contributed by atoms with van der Waals surface area (Å²) in [5.41, 5.74) is 5.06. The molecule has 0 aliphatic rings. The van der Waals surface area contributed by atoms with Gasteiger partial charge in [0, 0.05) is 27.1 Å². The molecule has 1 unspecified atom stereocenters. The maximum atomic E-state index is 13.5. The first-order valence-electron chi connectivity index (χ1n) is 12.1. The molecule has 38 heavy (non-hydrogen) atoms. The van der Waals surface area contributed by atoms with Gasteiger partial charge in [-0.2, -0.15) is 0 Å². The Balaban J connectivity index is 1.33. The van der Waals surface area contributed by atoms with Crippen LogP contribution in [0, 0.1) is 6.92 Å². The molecular weight excluding hydrogens is 510 g/mol. The second kappa shape index (κ2) is 11.9. The van der Waals surface area contributed by atoms with Crippen molar-refractivity contribution in [3.63, 3.8) is 0 Å². The van der Waals surface area contributed by atoms with Gasteiger partial charge in [-0.25, -0.2) is 4.98 Å². The molecule has 0 spiro atoms. The van der Waals surface area contributed by atoms with Gasteiger partial charge in [-0.05, 0) is 42.8 Å². The molecule has 4 aromatic carbocycles. The first-order valence-corrected chi connectivity index (χ1v) is 13.8. The maximum Gasteiger partial charge on any atom is 0.255 e. The van der Waals surface area contributed by atoms with Crippen LogP contribution in [0.4, 0.5) is 10.8 Å². The fourth-order valence-corrected chi connectivity index (χ4v) is 5.64. The van der Waals surface area contributed by atoms with Gasteiger partial charge in [0.05, 0.1) is 5.69 Å². The molecule has 0 saturated heterocycles. The minimum absolute atomic E-state index is 0.163. The van der Waals surface area contributed by atoms with Crippen molar-refractivity contribution >= 4 is 45.7 Å². The van der Waals surface area contributed by atoms with Gasteiger partial charge >= 0.3 is 0 Å². The zero-order valence-corrected chi connectivity index (χ0v) is 22.3. The number of anilines is 2. The Bertz CT molecular complexity index is 1530. The summed E-state index contributed by atoms with van der Waals surface area (Å²) in [5, 5.41) is 7.94. The molecule has 0 saturated carbocycles. The van der Waals surface area contributed by atoms with E-state index in [0.717, 1.165) is 27.3 Å². The number of nitrogens with one attached hydrogen (secondary N) is 2. The molecule has 5 nitrogen and oxygen atoms in total. The third-order valence-corrected chi connectivity index (χ3v) is 7.81. The first-order chi connectivity index (χ1) is 18.5. The van der Waals surface area contributed by atoms with Gasteiger partial charge in [-0.1, -0.05) is 84.4 Å². The highest BCUT2D eigenvalue weighted by molar-refractivity contribution is 8.00. The molecule has 0 fully saturated rings. The van der Waals surface area contributed by atoms with Crippen LogP contribution in [-0.2, 0) is 4.79 Å². The minimum Gasteiger partial charge on any atom is -0.322 e. The van der Waals surface area contributed by atoms with Crippen molar-refractivity contribution in [3.05, 3.63) is 131 Å². The summed E-state index contributed by atoms with van der Waals surface area (Å²) < 4.78 is 0. The Morgan fingerprint density at radius 2 is 1.53 bits per heavy atom. The van der Waals surface area contributed by atoms with Crippen molar-refractivity contribution in [1.29, 1.82) is 0 Å². The Kier molecular flexibility index (Phi) is 7.97. The summed E-state index contributed by atoms with van der Waals surface area (Å²) in [6.07, 6.45) is 0. The van der Waals surface area contributed by atoms with Crippen LogP contribution >= 0.6 is 23.1 Å². The predicted octanol–water partition coefficient (Wildman–Crippen LogP) is 7.84. The molecule has 0 aliphatic heterocycles. The number of thioether (sulfide) groups is 1. The van der Waals surface area contributed by atoms with Gasteiger partial charge in [-0.3, -0.25) is 9.59 Å². The SMILES string of the molecule is Cc1ccc(C(=O)Nc2cccc(SC(C(=O)Nc3nc(-c4ccccc4)cs3)c3ccccc3)c2)cc1. The molecule has 2 amide bonds. The van der Waals surface area contributed by atoms with Crippen molar-refractivity contribution < 1.29 is 9.59 Å². The van der Waals surface area contributed by atoms with Gasteiger partial charge in [0.25, 0.3) is 5.91 Å². The summed E-state index contributed by atoms with van der Waals surface area (Å²) in [4.78, 5) is 31.7. The lowest BCUT2D eigenvalue weighted by Gasteiger charge is -2.17. The number of nitrogens with zero attached hydrogens (tertiary/aromatic N) is 1. The van der Waals surface area contributed by atoms with E-state index in [-0.39, 0.29) is 11.8 Å². The number of rotatable bonds is 8. The number of aryl methyl sites for hydroxylation is 1. The van der Waals surface area contributed by atoms with Crippen LogP contribution in [0.5, 0.6) is 0 Å². The summed E-state index contributed by atoms with van der Waals surface area (Å²) in [6, 6.07) is 34.5. The zero-order chi connectivity index (χ0) is 26.3. The lowest BCUT2D eigenvalue weighted by atomic mass is 10.1. The number of thiazole rings is 1. The molecule has 7 heteroatoms. The second-order valence-corrected chi connectivity index (χ2v) is 10.7. The molecule has 1 heterocycles. The number of amides is 2. The second-order valence-electron chi connectivity index (χ2n) is 8.65. The van der Waals surface area contributed by atoms with E-state index < -0.39 is 5.25 Å². The number of hydrogen-bond donors (Lipinski definition) is 2. The number of aromatic nitrogens is 1. The molecule has 0 bridgehead atoms. The third kappa shape index (κ3) is 6.37. The van der Waals surface area contributed by atoms with Crippen molar-refractivity contribution in [2.45, 2.75) is 17.1 Å². The van der Waals surface area contributed by atoms with Crippen molar-refractivity contribution in [1.82, 2.24) is 4.98 Å². The van der Waals surface area contributed by atoms with Crippen LogP contribution < -0.4 is 10.6 Å². The van der Waals surface area contributed by atoms with E-state index in [9.17, 15) is 9.59 Å². The normalized spacial score (nSPS) is 11.5. The Hall–Kier alpha value is -4.20. The molecular formula is C31H25N3O2S2. The Labute approximate surface area is 230 Å². The summed E-state index contributed by atoms with van der Waals surface area (Å²) in [7, 11) is 0. The van der Waals surface area contributed by atoms with E-state index in [1.165, 1.54) is 23.1 Å². The maximum absolute atomic E-state index is 13.5. The highest BCUT2D eigenvalue weighted by Gasteiger charge is 2.23. The standard InChI is InChI=1S/C31H25N3O2S2/c1-21-15-17-24(18-16-21)29(35)32-25-13-8-14-26(19-25)38-28(23-11-6-3-7-12-23)30(36)34-31-33-27(20-37-31)22-9-4-2-5-10-22/h2-20,28H,1H3,(H,32,35)(H,33,34,36). The van der Waals surface area contributed by atoms with E-state index in [2.05, 4.69) is 15.6 Å². The lowest BCUT2D eigenvalue weighted by Crippen LogP contribution is -2.19. The van der Waals surface area contributed by atoms with Crippen LogP contribution in [0.15, 0.2) is 119 Å². The average molecular weight is 536 g/mol. The molecule has 0 radical (unpaired) electrons. The van der Waals surface area contributed by atoms with Crippen LogP contribution in [0.3, 0.4) is 0 Å². The van der Waals surface area contributed by atoms with Gasteiger partial charge < -0.3 is 10.6 Å². The van der Waals surface area contributed by atoms with Gasteiger partial charge in [-0.15, -0.1) is 23.1 Å². The molecule has 5 aromatic rings. The van der Waals surface area contributed by atoms with E-state index in [1.807, 2.05) is 109 Å². The number of carbonyl (C=O) groups excluding carboxylic acids is 2. The molecule has 188 valence electrons. The smallest absolute Gasteiger partial charge is 0.255 e. The molecule has 0 aliphatic carbocycles. The fourth-order valence-electron chi connectivity index (χ4n) is 3.84. The molecule has 2 N–H and O–H groups in total. The highest BCUT2D eigenvalue weighted by Crippen LogP contribution is 2.37. The summed E-state index contributed by atoms with van der Waals surface area (Å²) in [6.45, 7) is 1.98. The van der Waals surface area contributed by atoms with Crippen molar-refractivity contribution in [3.8, 4) is 11.3 Å². The monoisotopic (exact) mass is 535 g/mol. The zero-order valence-electron chi connectivity index (χ0n) is 20.6. The quantitative estimate of drug-likeness (QED) is 0.199. The lowest BCUT2D eigenvalue weighted by molar-refractivity contribution is -0.115. The van der Waals surface area contributed by atoms with Gasteiger partial charge in [0.2, 0.25) is 5.91 Å². The topological polar surface area (TPSA) is 71.1 Å². The first kappa shape index (κ1) is 25.4. The molecule has 1 aromatic heterocycles. The van der Waals surface area contributed by atoms with E-state index in [4.69, 9.17) is 0 Å². The van der Waals surface area contributed by atoms with E-state index in [1.54, 1.807) is 12.1 Å². The number of benzene rings is 4. The molecule has 5 rings (SSSR count). The van der Waals surface area contributed by atoms with Gasteiger partial charge in [0.1, 0.15) is 5.25 Å². The number of carbonyl (C=O) groups is 2. The van der Waals surface area contributed by atoms with Gasteiger partial charge in [0.15, 0.2) is 5.13 Å². The minimum atomic E-state index is -0.511. The third-order valence-electron chi connectivity index (χ3n) is 5.80. The summed E-state index contributed by atoms with van der Waals surface area (Å²) >= 11 is 2.82. The van der Waals surface area contributed by atoms with E-state index >= 15 is 0 Å². The van der Waals surface area contributed by atoms with E-state index in [0.29, 0.717) is 16.4 Å². The Morgan fingerprint density at radius 1 is 0.816 bits per heavy atom. The largest absolute Gasteiger partial charge is 0.322 e. The van der Waals surface area contributed by atoms with Crippen LogP contribution in [-0.4, -0.2) is 16.8 Å². The van der Waals surface area contributed by atoms with Crippen molar-refractivity contribution in [2.75, 3.05) is 10.6 Å². The molecule has 1 atom stereocenters. The fraction of sp³-hybridized carbons (Fsp3) is 0.0645. The average Bonchev–Trinajstić information content (AvgIpc) is 3.41. The highest BCUT2D eigenvalue weighted by atomic mass is 32.2. The van der Waals surface area contributed by atoms with Crippen LogP contribution in [0.1, 0.15) is 26.7 Å². The van der Waals surface area contributed by atoms with Crippen LogP contribution in [0.2, 0.25) is 0 Å². The number of hydrogen-bond acceptors (Lipinski definition) is 5. The summed E-state index contributed by atoms with van der Waals surface area (Å²) in [5.74, 6) is -0.341. The van der Waals surface area contributed by atoms with Crippen molar-refractivity contribution in [2.24, 2.45) is 0 Å². The Morgan fingerprint density at radius 3 is 2.26 bits per heavy atom.